The van der Waals surface area contributed by atoms with Crippen molar-refractivity contribution in [2.45, 2.75) is 12.3 Å². The number of benzene rings is 1. The van der Waals surface area contributed by atoms with E-state index in [1.165, 1.54) is 6.20 Å². The van der Waals surface area contributed by atoms with Crippen LogP contribution in [0, 0.1) is 0 Å². The maximum Gasteiger partial charge on any atom is 0.252 e. The largest absolute Gasteiger partial charge is 0.493 e. The van der Waals surface area contributed by atoms with Gasteiger partial charge in [-0.05, 0) is 24.1 Å². The molecule has 2 heterocycles. The molecule has 0 saturated carbocycles. The van der Waals surface area contributed by atoms with Crippen LogP contribution in [0.5, 0.6) is 5.75 Å². The van der Waals surface area contributed by atoms with Crippen LogP contribution < -0.4 is 10.1 Å². The van der Waals surface area contributed by atoms with Gasteiger partial charge in [-0.3, -0.25) is 9.78 Å². The number of nitrogens with one attached hydrogen (secondary N) is 1. The van der Waals surface area contributed by atoms with Crippen LogP contribution in [0.4, 0.5) is 0 Å². The van der Waals surface area contributed by atoms with Crippen molar-refractivity contribution in [1.29, 1.82) is 0 Å². The third-order valence-corrected chi connectivity index (χ3v) is 3.91. The molecular formula is C16H15ClN2O2. The molecule has 108 valence electrons. The van der Waals surface area contributed by atoms with E-state index >= 15 is 0 Å². The minimum atomic E-state index is -0.175. The van der Waals surface area contributed by atoms with Gasteiger partial charge in [0.1, 0.15) is 5.75 Å². The van der Waals surface area contributed by atoms with E-state index in [9.17, 15) is 4.79 Å². The monoisotopic (exact) mass is 302 g/mol. The Balaban J connectivity index is 1.69. The Labute approximate surface area is 128 Å². The molecule has 1 aromatic carbocycles. The Morgan fingerprint density at radius 1 is 1.38 bits per heavy atom. The van der Waals surface area contributed by atoms with Crippen molar-refractivity contribution < 1.29 is 9.53 Å². The van der Waals surface area contributed by atoms with Gasteiger partial charge in [0.15, 0.2) is 0 Å². The minimum Gasteiger partial charge on any atom is -0.493 e. The van der Waals surface area contributed by atoms with Gasteiger partial charge in [-0.2, -0.15) is 0 Å². The summed E-state index contributed by atoms with van der Waals surface area (Å²) >= 11 is 5.98. The molecule has 1 aliphatic heterocycles. The second-order valence-electron chi connectivity index (χ2n) is 4.94. The molecular weight excluding hydrogens is 288 g/mol. The second kappa shape index (κ2) is 6.14. The maximum absolute atomic E-state index is 12.2. The molecule has 1 aromatic heterocycles. The number of amides is 1. The minimum absolute atomic E-state index is 0.175. The lowest BCUT2D eigenvalue weighted by Gasteiger charge is -2.26. The summed E-state index contributed by atoms with van der Waals surface area (Å²) in [5.41, 5.74) is 1.59. The summed E-state index contributed by atoms with van der Waals surface area (Å²) in [5.74, 6) is 0.996. The molecule has 0 spiro atoms. The van der Waals surface area contributed by atoms with Crippen molar-refractivity contribution in [3.8, 4) is 5.75 Å². The molecule has 4 nitrogen and oxygen atoms in total. The predicted octanol–water partition coefficient (Wildman–Crippen LogP) is 3.03. The van der Waals surface area contributed by atoms with Gasteiger partial charge in [0.05, 0.1) is 17.2 Å². The molecule has 0 fully saturated rings. The fraction of sp³-hybridized carbons (Fsp3) is 0.250. The normalized spacial score (nSPS) is 16.7. The van der Waals surface area contributed by atoms with E-state index < -0.39 is 0 Å². The van der Waals surface area contributed by atoms with Crippen molar-refractivity contribution in [3.63, 3.8) is 0 Å². The van der Waals surface area contributed by atoms with Gasteiger partial charge in [-0.1, -0.05) is 29.8 Å². The summed E-state index contributed by atoms with van der Waals surface area (Å²) in [6.45, 7) is 1.24. The van der Waals surface area contributed by atoms with E-state index in [0.717, 1.165) is 17.7 Å². The first-order chi connectivity index (χ1) is 10.3. The third kappa shape index (κ3) is 3.00. The number of hydrogen-bond donors (Lipinski definition) is 1. The number of hydrogen-bond acceptors (Lipinski definition) is 3. The number of ether oxygens (including phenoxy) is 1. The molecule has 1 N–H and O–H groups in total. The number of para-hydroxylation sites is 1. The zero-order chi connectivity index (χ0) is 14.7. The topological polar surface area (TPSA) is 51.2 Å². The summed E-state index contributed by atoms with van der Waals surface area (Å²) in [6.07, 6.45) is 3.92. The Morgan fingerprint density at radius 3 is 3.10 bits per heavy atom. The SMILES string of the molecule is O=C(NC[C@@H]1CCOc2ccccc21)c1ccncc1Cl. The summed E-state index contributed by atoms with van der Waals surface area (Å²) in [7, 11) is 0. The summed E-state index contributed by atoms with van der Waals surface area (Å²) < 4.78 is 5.62. The molecule has 0 bridgehead atoms. The first kappa shape index (κ1) is 13.9. The van der Waals surface area contributed by atoms with E-state index in [4.69, 9.17) is 16.3 Å². The van der Waals surface area contributed by atoms with E-state index in [1.807, 2.05) is 24.3 Å². The van der Waals surface area contributed by atoms with Crippen molar-refractivity contribution in [2.75, 3.05) is 13.2 Å². The molecule has 2 aromatic rings. The second-order valence-corrected chi connectivity index (χ2v) is 5.34. The van der Waals surface area contributed by atoms with Crippen molar-refractivity contribution in [2.24, 2.45) is 0 Å². The first-order valence-corrected chi connectivity index (χ1v) is 7.23. The Hall–Kier alpha value is -2.07. The number of pyridine rings is 1. The number of carbonyl (C=O) groups is 1. The molecule has 1 atom stereocenters. The number of carbonyl (C=O) groups excluding carboxylic acids is 1. The third-order valence-electron chi connectivity index (χ3n) is 3.61. The number of nitrogens with zero attached hydrogens (tertiary/aromatic N) is 1. The van der Waals surface area contributed by atoms with Gasteiger partial charge in [-0.15, -0.1) is 0 Å². The van der Waals surface area contributed by atoms with Gasteiger partial charge >= 0.3 is 0 Å². The fourth-order valence-corrected chi connectivity index (χ4v) is 2.70. The molecule has 0 unspecified atom stereocenters. The highest BCUT2D eigenvalue weighted by Gasteiger charge is 2.22. The maximum atomic E-state index is 12.2. The summed E-state index contributed by atoms with van der Waals surface area (Å²) in [4.78, 5) is 16.0. The zero-order valence-corrected chi connectivity index (χ0v) is 12.1. The van der Waals surface area contributed by atoms with Crippen molar-refractivity contribution >= 4 is 17.5 Å². The number of aromatic nitrogens is 1. The lowest BCUT2D eigenvalue weighted by atomic mass is 9.93. The number of fused-ring (bicyclic) bond motifs is 1. The highest BCUT2D eigenvalue weighted by Crippen LogP contribution is 2.32. The van der Waals surface area contributed by atoms with Gasteiger partial charge < -0.3 is 10.1 Å². The summed E-state index contributed by atoms with van der Waals surface area (Å²) in [6, 6.07) is 9.57. The highest BCUT2D eigenvalue weighted by molar-refractivity contribution is 6.33. The Morgan fingerprint density at radius 2 is 2.24 bits per heavy atom. The Bertz CT molecular complexity index is 660. The standard InChI is InChI=1S/C16H15ClN2O2/c17-14-10-18-7-5-13(14)16(20)19-9-11-6-8-21-15-4-2-1-3-12(11)15/h1-5,7,10-11H,6,8-9H2,(H,19,20)/t11-/m0/s1. The van der Waals surface area contributed by atoms with Gasteiger partial charge in [0.25, 0.3) is 5.91 Å². The number of halogens is 1. The lowest BCUT2D eigenvalue weighted by Crippen LogP contribution is -2.30. The van der Waals surface area contributed by atoms with E-state index in [0.29, 0.717) is 23.7 Å². The van der Waals surface area contributed by atoms with Crippen molar-refractivity contribution in [1.82, 2.24) is 10.3 Å². The molecule has 3 rings (SSSR count). The molecule has 0 radical (unpaired) electrons. The predicted molar refractivity (Wildman–Crippen MR) is 80.9 cm³/mol. The number of rotatable bonds is 3. The van der Waals surface area contributed by atoms with Crippen molar-refractivity contribution in [3.05, 3.63) is 58.9 Å². The quantitative estimate of drug-likeness (QED) is 0.948. The van der Waals surface area contributed by atoms with E-state index in [2.05, 4.69) is 10.3 Å². The van der Waals surface area contributed by atoms with Gasteiger partial charge in [0, 0.05) is 24.9 Å². The van der Waals surface area contributed by atoms with E-state index in [1.54, 1.807) is 12.3 Å². The van der Waals surface area contributed by atoms with Crippen LogP contribution in [0.25, 0.3) is 0 Å². The Kier molecular flexibility index (Phi) is 4.06. The van der Waals surface area contributed by atoms with Gasteiger partial charge in [0.2, 0.25) is 0 Å². The molecule has 0 aliphatic carbocycles. The first-order valence-electron chi connectivity index (χ1n) is 6.85. The van der Waals surface area contributed by atoms with Gasteiger partial charge in [-0.25, -0.2) is 0 Å². The molecule has 5 heteroatoms. The van der Waals surface area contributed by atoms with Crippen LogP contribution in [-0.2, 0) is 0 Å². The molecule has 1 amide bonds. The molecule has 1 aliphatic rings. The van der Waals surface area contributed by atoms with Crippen LogP contribution in [-0.4, -0.2) is 24.0 Å². The average molecular weight is 303 g/mol. The summed E-state index contributed by atoms with van der Waals surface area (Å²) in [5, 5.41) is 3.31. The van der Waals surface area contributed by atoms with Crippen LogP contribution in [0.1, 0.15) is 28.3 Å². The zero-order valence-electron chi connectivity index (χ0n) is 11.4. The molecule has 0 saturated heterocycles. The lowest BCUT2D eigenvalue weighted by molar-refractivity contribution is 0.0948. The fourth-order valence-electron chi connectivity index (χ4n) is 2.50. The molecule has 21 heavy (non-hydrogen) atoms. The highest BCUT2D eigenvalue weighted by atomic mass is 35.5. The van der Waals surface area contributed by atoms with Crippen LogP contribution in [0.3, 0.4) is 0 Å². The van der Waals surface area contributed by atoms with E-state index in [-0.39, 0.29) is 11.8 Å². The van der Waals surface area contributed by atoms with Crippen LogP contribution >= 0.6 is 11.6 Å². The van der Waals surface area contributed by atoms with Crippen LogP contribution in [0.15, 0.2) is 42.7 Å². The average Bonchev–Trinajstić information content (AvgIpc) is 2.53. The smallest absolute Gasteiger partial charge is 0.252 e. The van der Waals surface area contributed by atoms with Crippen LogP contribution in [0.2, 0.25) is 5.02 Å².